The van der Waals surface area contributed by atoms with Crippen molar-refractivity contribution in [2.45, 2.75) is 20.1 Å². The second-order valence-electron chi connectivity index (χ2n) is 5.57. The van der Waals surface area contributed by atoms with Crippen molar-refractivity contribution in [2.75, 3.05) is 12.0 Å². The van der Waals surface area contributed by atoms with Gasteiger partial charge in [-0.25, -0.2) is 4.68 Å². The summed E-state index contributed by atoms with van der Waals surface area (Å²) in [6.45, 7) is 3.22. The summed E-state index contributed by atoms with van der Waals surface area (Å²) in [5, 5.41) is 7.72. The van der Waals surface area contributed by atoms with Crippen molar-refractivity contribution < 1.29 is 9.47 Å². The van der Waals surface area contributed by atoms with Gasteiger partial charge in [0.25, 0.3) is 0 Å². The molecule has 0 bridgehead atoms. The third kappa shape index (κ3) is 4.94. The fraction of sp³-hybridized carbons (Fsp3) is 0.222. The van der Waals surface area contributed by atoms with Crippen LogP contribution in [-0.2, 0) is 13.2 Å². The minimum Gasteiger partial charge on any atom is -0.490 e. The van der Waals surface area contributed by atoms with Crippen molar-refractivity contribution in [3.63, 3.8) is 0 Å². The van der Waals surface area contributed by atoms with Crippen molar-refractivity contribution in [3.05, 3.63) is 68.7 Å². The van der Waals surface area contributed by atoms with Crippen LogP contribution in [0.4, 0.5) is 0 Å². The van der Waals surface area contributed by atoms with E-state index in [9.17, 15) is 0 Å². The molecule has 0 fully saturated rings. The van der Waals surface area contributed by atoms with E-state index in [2.05, 4.69) is 15.6 Å². The summed E-state index contributed by atoms with van der Waals surface area (Å²) in [6.07, 6.45) is 1.57. The number of H-pyrrole nitrogens is 1. The Balaban J connectivity index is 1.82. The molecule has 6 nitrogen and oxygen atoms in total. The van der Waals surface area contributed by atoms with Crippen LogP contribution >= 0.6 is 35.4 Å². The van der Waals surface area contributed by atoms with Gasteiger partial charge in [0.1, 0.15) is 12.9 Å². The second kappa shape index (κ2) is 9.12. The summed E-state index contributed by atoms with van der Waals surface area (Å²) < 4.78 is 13.9. The number of para-hydroxylation sites is 1. The first-order valence-corrected chi connectivity index (χ1v) is 9.42. The van der Waals surface area contributed by atoms with Crippen LogP contribution in [-0.4, -0.2) is 21.5 Å². The highest BCUT2D eigenvalue weighted by molar-refractivity contribution is 7.71. The number of rotatable bonds is 8. The van der Waals surface area contributed by atoms with E-state index >= 15 is 0 Å². The number of aromatic nitrogens is 3. The van der Waals surface area contributed by atoms with E-state index in [4.69, 9.17) is 44.9 Å². The van der Waals surface area contributed by atoms with Gasteiger partial charge in [-0.1, -0.05) is 41.4 Å². The number of aromatic amines is 1. The van der Waals surface area contributed by atoms with Gasteiger partial charge in [0.05, 0.1) is 13.2 Å². The molecule has 9 heteroatoms. The molecule has 0 radical (unpaired) electrons. The number of nitrogens with one attached hydrogen (secondary N) is 2. The van der Waals surface area contributed by atoms with Crippen molar-refractivity contribution in [3.8, 4) is 11.5 Å². The summed E-state index contributed by atoms with van der Waals surface area (Å²) in [6, 6.07) is 11.1. The molecule has 0 atom stereocenters. The van der Waals surface area contributed by atoms with E-state index in [0.29, 0.717) is 39.5 Å². The van der Waals surface area contributed by atoms with Crippen molar-refractivity contribution in [2.24, 2.45) is 0 Å². The Morgan fingerprint density at radius 1 is 1.19 bits per heavy atom. The number of hydrogen-bond donors (Lipinski definition) is 2. The maximum absolute atomic E-state index is 6.25. The SMILES string of the molecule is CCOc1cccc(CNn2cn[nH]c2=S)c1OCc1ccc(Cl)cc1Cl. The predicted molar refractivity (Wildman–Crippen MR) is 109 cm³/mol. The minimum absolute atomic E-state index is 0.290. The summed E-state index contributed by atoms with van der Waals surface area (Å²) in [4.78, 5) is 0. The third-order valence-electron chi connectivity index (χ3n) is 3.74. The zero-order valence-corrected chi connectivity index (χ0v) is 16.9. The van der Waals surface area contributed by atoms with Gasteiger partial charge in [0.15, 0.2) is 11.5 Å². The molecule has 2 N–H and O–H groups in total. The molecule has 1 aromatic heterocycles. The summed E-state index contributed by atoms with van der Waals surface area (Å²) in [5.74, 6) is 1.31. The monoisotopic (exact) mass is 424 g/mol. The highest BCUT2D eigenvalue weighted by Crippen LogP contribution is 2.33. The Morgan fingerprint density at radius 2 is 2.04 bits per heavy atom. The van der Waals surface area contributed by atoms with Crippen molar-refractivity contribution >= 4 is 35.4 Å². The standard InChI is InChI=1S/C18H18Cl2N4O2S/c1-2-25-16-5-3-4-12(9-22-24-11-21-23-18(24)27)17(16)26-10-13-6-7-14(19)8-15(13)20/h3-8,11,22H,2,9-10H2,1H3,(H,23,27). The van der Waals surface area contributed by atoms with E-state index in [0.717, 1.165) is 11.1 Å². The molecule has 1 heterocycles. The number of nitrogens with zero attached hydrogens (tertiary/aromatic N) is 2. The summed E-state index contributed by atoms with van der Waals surface area (Å²) in [5.41, 5.74) is 4.92. The molecule has 0 saturated carbocycles. The number of ether oxygens (including phenoxy) is 2. The van der Waals surface area contributed by atoms with E-state index in [1.54, 1.807) is 23.1 Å². The van der Waals surface area contributed by atoms with Crippen LogP contribution in [0.2, 0.25) is 10.0 Å². The van der Waals surface area contributed by atoms with Gasteiger partial charge in [0, 0.05) is 21.2 Å². The van der Waals surface area contributed by atoms with Crippen LogP contribution in [0, 0.1) is 4.77 Å². The Bertz CT molecular complexity index is 974. The van der Waals surface area contributed by atoms with Crippen LogP contribution in [0.1, 0.15) is 18.1 Å². The van der Waals surface area contributed by atoms with Gasteiger partial charge in [-0.2, -0.15) is 5.10 Å². The highest BCUT2D eigenvalue weighted by atomic mass is 35.5. The highest BCUT2D eigenvalue weighted by Gasteiger charge is 2.13. The lowest BCUT2D eigenvalue weighted by Gasteiger charge is -2.17. The topological polar surface area (TPSA) is 64.1 Å². The van der Waals surface area contributed by atoms with Gasteiger partial charge >= 0.3 is 0 Å². The van der Waals surface area contributed by atoms with Gasteiger partial charge in [-0.15, -0.1) is 0 Å². The third-order valence-corrected chi connectivity index (χ3v) is 4.61. The minimum atomic E-state index is 0.290. The normalized spacial score (nSPS) is 10.6. The number of benzene rings is 2. The van der Waals surface area contributed by atoms with Gasteiger partial charge in [-0.05, 0) is 37.3 Å². The van der Waals surface area contributed by atoms with Crippen molar-refractivity contribution in [1.29, 1.82) is 0 Å². The molecular weight excluding hydrogens is 407 g/mol. The Morgan fingerprint density at radius 3 is 2.74 bits per heavy atom. The Labute approximate surface area is 172 Å². The lowest BCUT2D eigenvalue weighted by molar-refractivity contribution is 0.267. The number of halogens is 2. The predicted octanol–water partition coefficient (Wildman–Crippen LogP) is 4.97. The molecule has 0 amide bonds. The van der Waals surface area contributed by atoms with Crippen LogP contribution in [0.5, 0.6) is 11.5 Å². The molecule has 3 rings (SSSR count). The average molecular weight is 425 g/mol. The Kier molecular flexibility index (Phi) is 6.60. The zero-order chi connectivity index (χ0) is 19.2. The lowest BCUT2D eigenvalue weighted by Crippen LogP contribution is -2.14. The Hall–Kier alpha value is -2.22. The molecule has 142 valence electrons. The molecular formula is C18H18Cl2N4O2S. The summed E-state index contributed by atoms with van der Waals surface area (Å²) >= 11 is 17.3. The molecule has 2 aromatic carbocycles. The maximum Gasteiger partial charge on any atom is 0.214 e. The van der Waals surface area contributed by atoms with Crippen LogP contribution in [0.3, 0.4) is 0 Å². The van der Waals surface area contributed by atoms with Gasteiger partial charge in [0.2, 0.25) is 4.77 Å². The molecule has 0 unspecified atom stereocenters. The molecule has 0 aliphatic rings. The lowest BCUT2D eigenvalue weighted by atomic mass is 10.2. The molecule has 3 aromatic rings. The van der Waals surface area contributed by atoms with Gasteiger partial charge in [-0.3, -0.25) is 5.10 Å². The zero-order valence-electron chi connectivity index (χ0n) is 14.5. The fourth-order valence-electron chi connectivity index (χ4n) is 2.45. The van der Waals surface area contributed by atoms with Crippen LogP contribution in [0.15, 0.2) is 42.7 Å². The number of hydrogen-bond acceptors (Lipinski definition) is 5. The molecule has 0 aliphatic carbocycles. The van der Waals surface area contributed by atoms with E-state index in [1.807, 2.05) is 31.2 Å². The van der Waals surface area contributed by atoms with Crippen LogP contribution in [0.25, 0.3) is 0 Å². The first kappa shape index (κ1) is 19.5. The first-order chi connectivity index (χ1) is 13.1. The van der Waals surface area contributed by atoms with E-state index < -0.39 is 0 Å². The van der Waals surface area contributed by atoms with Crippen molar-refractivity contribution in [1.82, 2.24) is 14.9 Å². The average Bonchev–Trinajstić information content (AvgIpc) is 3.05. The van der Waals surface area contributed by atoms with E-state index in [-0.39, 0.29) is 6.61 Å². The quantitative estimate of drug-likeness (QED) is 0.499. The molecule has 27 heavy (non-hydrogen) atoms. The first-order valence-electron chi connectivity index (χ1n) is 8.25. The molecule has 0 aliphatic heterocycles. The van der Waals surface area contributed by atoms with Crippen LogP contribution < -0.4 is 14.9 Å². The summed E-state index contributed by atoms with van der Waals surface area (Å²) in [7, 11) is 0. The fourth-order valence-corrected chi connectivity index (χ4v) is 3.08. The molecule has 0 saturated heterocycles. The molecule has 0 spiro atoms. The second-order valence-corrected chi connectivity index (χ2v) is 6.80. The maximum atomic E-state index is 6.25. The van der Waals surface area contributed by atoms with E-state index in [1.165, 1.54) is 0 Å². The largest absolute Gasteiger partial charge is 0.490 e. The van der Waals surface area contributed by atoms with Gasteiger partial charge < -0.3 is 14.9 Å². The smallest absolute Gasteiger partial charge is 0.214 e.